The molecule has 0 fully saturated rings. The Labute approximate surface area is 147 Å². The summed E-state index contributed by atoms with van der Waals surface area (Å²) in [6, 6.07) is 9.93. The maximum Gasteiger partial charge on any atom is 0.387 e. The molecule has 0 aliphatic rings. The van der Waals surface area contributed by atoms with E-state index < -0.39 is 17.5 Å². The molecule has 0 aliphatic carbocycles. The summed E-state index contributed by atoms with van der Waals surface area (Å²) in [5.74, 6) is -0.659. The minimum absolute atomic E-state index is 0.0389. The number of halogens is 2. The first-order chi connectivity index (χ1) is 12.3. The molecule has 0 aliphatic heterocycles. The summed E-state index contributed by atoms with van der Waals surface area (Å²) < 4.78 is 33.3. The molecule has 0 saturated carbocycles. The number of nitrogens with zero attached hydrogens (tertiary/aromatic N) is 2. The molecule has 0 spiro atoms. The summed E-state index contributed by atoms with van der Waals surface area (Å²) >= 11 is 0. The summed E-state index contributed by atoms with van der Waals surface area (Å²) in [7, 11) is 2.88. The Hall–Kier alpha value is -3.23. The van der Waals surface area contributed by atoms with Crippen LogP contribution in [0.3, 0.4) is 0 Å². The lowest BCUT2D eigenvalue weighted by atomic mass is 10.1. The molecule has 0 aromatic heterocycles. The maximum absolute atomic E-state index is 12.2. The van der Waals surface area contributed by atoms with Crippen molar-refractivity contribution in [3.8, 4) is 5.75 Å². The average molecular weight is 366 g/mol. The van der Waals surface area contributed by atoms with Crippen molar-refractivity contribution >= 4 is 17.3 Å². The Bertz CT molecular complexity index is 796. The van der Waals surface area contributed by atoms with Crippen LogP contribution in [0.25, 0.3) is 0 Å². The van der Waals surface area contributed by atoms with Gasteiger partial charge >= 0.3 is 12.6 Å². The summed E-state index contributed by atoms with van der Waals surface area (Å²) in [6.07, 6.45) is 0. The molecule has 0 unspecified atom stereocenters. The van der Waals surface area contributed by atoms with Crippen molar-refractivity contribution in [3.05, 3.63) is 63.7 Å². The van der Waals surface area contributed by atoms with Crippen LogP contribution in [0, 0.1) is 10.1 Å². The van der Waals surface area contributed by atoms with E-state index in [0.717, 1.165) is 11.6 Å². The maximum atomic E-state index is 12.2. The van der Waals surface area contributed by atoms with Crippen LogP contribution >= 0.6 is 0 Å². The Morgan fingerprint density at radius 3 is 2.42 bits per heavy atom. The topological polar surface area (TPSA) is 81.9 Å². The summed E-state index contributed by atoms with van der Waals surface area (Å²) in [4.78, 5) is 24.0. The number of carbonyl (C=O) groups excluding carboxylic acids is 1. The predicted molar refractivity (Wildman–Crippen MR) is 89.6 cm³/mol. The van der Waals surface area contributed by atoms with Gasteiger partial charge < -0.3 is 14.4 Å². The van der Waals surface area contributed by atoms with Crippen molar-refractivity contribution in [2.75, 3.05) is 19.1 Å². The third-order valence-corrected chi connectivity index (χ3v) is 3.58. The number of nitro benzene ring substituents is 1. The van der Waals surface area contributed by atoms with Gasteiger partial charge in [-0.2, -0.15) is 8.78 Å². The summed E-state index contributed by atoms with van der Waals surface area (Å²) in [6.45, 7) is -2.57. The fraction of sp³-hybridized carbons (Fsp3) is 0.235. The van der Waals surface area contributed by atoms with Gasteiger partial charge in [-0.15, -0.1) is 0 Å². The molecule has 9 heteroatoms. The summed E-state index contributed by atoms with van der Waals surface area (Å²) in [5, 5.41) is 10.9. The van der Waals surface area contributed by atoms with Crippen molar-refractivity contribution in [1.82, 2.24) is 0 Å². The Balaban J connectivity index is 2.24. The number of hydrogen-bond donors (Lipinski definition) is 0. The van der Waals surface area contributed by atoms with Gasteiger partial charge in [-0.05, 0) is 23.8 Å². The van der Waals surface area contributed by atoms with E-state index in [1.807, 2.05) is 0 Å². The average Bonchev–Trinajstić information content (AvgIpc) is 2.61. The molecule has 2 rings (SSSR count). The van der Waals surface area contributed by atoms with Crippen LogP contribution in [0.5, 0.6) is 5.75 Å². The zero-order chi connectivity index (χ0) is 19.3. The van der Waals surface area contributed by atoms with Crippen LogP contribution in [-0.4, -0.2) is 31.7 Å². The van der Waals surface area contributed by atoms with Crippen LogP contribution in [0.1, 0.15) is 15.9 Å². The summed E-state index contributed by atoms with van der Waals surface area (Å²) in [5.41, 5.74) is 1.04. The highest BCUT2D eigenvalue weighted by Crippen LogP contribution is 2.27. The van der Waals surface area contributed by atoms with Crippen LogP contribution in [0.4, 0.5) is 20.2 Å². The minimum Gasteiger partial charge on any atom is -0.465 e. The third kappa shape index (κ3) is 4.65. The van der Waals surface area contributed by atoms with Gasteiger partial charge in [0.05, 0.1) is 23.3 Å². The number of nitro groups is 1. The van der Waals surface area contributed by atoms with Crippen LogP contribution in [0.15, 0.2) is 42.5 Å². The van der Waals surface area contributed by atoms with Crippen molar-refractivity contribution in [3.63, 3.8) is 0 Å². The van der Waals surface area contributed by atoms with E-state index in [2.05, 4.69) is 9.47 Å². The van der Waals surface area contributed by atoms with Gasteiger partial charge in [0, 0.05) is 25.7 Å². The molecule has 0 heterocycles. The Kier molecular flexibility index (Phi) is 6.05. The number of ether oxygens (including phenoxy) is 2. The molecule has 0 atom stereocenters. The van der Waals surface area contributed by atoms with Gasteiger partial charge in [-0.1, -0.05) is 12.1 Å². The van der Waals surface area contributed by atoms with Gasteiger partial charge in [-0.3, -0.25) is 10.1 Å². The van der Waals surface area contributed by atoms with Crippen LogP contribution in [-0.2, 0) is 11.3 Å². The second kappa shape index (κ2) is 8.24. The number of methoxy groups -OCH3 is 1. The predicted octanol–water partition coefficient (Wildman–Crippen LogP) is 3.62. The van der Waals surface area contributed by atoms with Gasteiger partial charge in [-0.25, -0.2) is 4.79 Å². The van der Waals surface area contributed by atoms with Crippen molar-refractivity contribution in [2.24, 2.45) is 0 Å². The third-order valence-electron chi connectivity index (χ3n) is 3.58. The first-order valence-corrected chi connectivity index (χ1v) is 7.43. The highest BCUT2D eigenvalue weighted by molar-refractivity contribution is 5.96. The van der Waals surface area contributed by atoms with E-state index in [0.29, 0.717) is 12.2 Å². The van der Waals surface area contributed by atoms with Crippen molar-refractivity contribution < 1.29 is 28.0 Å². The Morgan fingerprint density at radius 1 is 1.23 bits per heavy atom. The van der Waals surface area contributed by atoms with E-state index in [-0.39, 0.29) is 17.0 Å². The van der Waals surface area contributed by atoms with Crippen LogP contribution in [0.2, 0.25) is 0 Å². The number of hydrogen-bond acceptors (Lipinski definition) is 6. The molecular weight excluding hydrogens is 350 g/mol. The van der Waals surface area contributed by atoms with Crippen molar-refractivity contribution in [2.45, 2.75) is 13.2 Å². The van der Waals surface area contributed by atoms with E-state index in [1.54, 1.807) is 24.1 Å². The van der Waals surface area contributed by atoms with E-state index >= 15 is 0 Å². The Morgan fingerprint density at radius 2 is 1.88 bits per heavy atom. The molecule has 0 saturated heterocycles. The lowest BCUT2D eigenvalue weighted by Crippen LogP contribution is -2.20. The first-order valence-electron chi connectivity index (χ1n) is 7.43. The SMILES string of the molecule is COC(=O)c1cc([N+](=O)[O-])ccc1N(C)Cc1ccc(OC(F)F)cc1. The molecule has 2 aromatic rings. The zero-order valence-corrected chi connectivity index (χ0v) is 14.0. The molecule has 0 amide bonds. The molecule has 0 N–H and O–H groups in total. The number of alkyl halides is 2. The molecular formula is C17H16F2N2O5. The number of anilines is 1. The second-order valence-electron chi connectivity index (χ2n) is 5.33. The molecule has 0 radical (unpaired) electrons. The standard InChI is InChI=1S/C17H16F2N2O5/c1-20(10-11-3-6-13(7-4-11)26-17(18)19)15-8-5-12(21(23)24)9-14(15)16(22)25-2/h3-9,17H,10H2,1-2H3. The number of non-ortho nitro benzene ring substituents is 1. The van der Waals surface area contributed by atoms with Gasteiger partial charge in [0.2, 0.25) is 0 Å². The largest absolute Gasteiger partial charge is 0.465 e. The van der Waals surface area contributed by atoms with Gasteiger partial charge in [0.1, 0.15) is 5.75 Å². The smallest absolute Gasteiger partial charge is 0.387 e. The highest BCUT2D eigenvalue weighted by atomic mass is 19.3. The molecule has 138 valence electrons. The number of benzene rings is 2. The lowest BCUT2D eigenvalue weighted by Gasteiger charge is -2.22. The van der Waals surface area contributed by atoms with E-state index in [4.69, 9.17) is 0 Å². The quantitative estimate of drug-likeness (QED) is 0.423. The fourth-order valence-electron chi connectivity index (χ4n) is 2.38. The number of carbonyl (C=O) groups is 1. The monoisotopic (exact) mass is 366 g/mol. The highest BCUT2D eigenvalue weighted by Gasteiger charge is 2.19. The number of rotatable bonds is 7. The van der Waals surface area contributed by atoms with Gasteiger partial charge in [0.25, 0.3) is 5.69 Å². The van der Waals surface area contributed by atoms with Crippen molar-refractivity contribution in [1.29, 1.82) is 0 Å². The molecule has 26 heavy (non-hydrogen) atoms. The molecule has 7 nitrogen and oxygen atoms in total. The normalized spacial score (nSPS) is 10.5. The fourth-order valence-corrected chi connectivity index (χ4v) is 2.38. The minimum atomic E-state index is -2.90. The van der Waals surface area contributed by atoms with E-state index in [1.165, 1.54) is 31.4 Å². The zero-order valence-electron chi connectivity index (χ0n) is 14.0. The van der Waals surface area contributed by atoms with E-state index in [9.17, 15) is 23.7 Å². The first kappa shape index (κ1) is 19.1. The second-order valence-corrected chi connectivity index (χ2v) is 5.33. The molecule has 2 aromatic carbocycles. The van der Waals surface area contributed by atoms with Gasteiger partial charge in [0.15, 0.2) is 0 Å². The number of esters is 1. The van der Waals surface area contributed by atoms with Crippen LogP contribution < -0.4 is 9.64 Å². The molecule has 0 bridgehead atoms. The lowest BCUT2D eigenvalue weighted by molar-refractivity contribution is -0.384.